The van der Waals surface area contributed by atoms with E-state index in [2.05, 4.69) is 22.6 Å². The molecule has 0 radical (unpaired) electrons. The second kappa shape index (κ2) is 3.80. The molecule has 0 heterocycles. The van der Waals surface area contributed by atoms with E-state index in [0.29, 0.717) is 6.61 Å². The van der Waals surface area contributed by atoms with Crippen molar-refractivity contribution in [3.05, 3.63) is 21.8 Å². The van der Waals surface area contributed by atoms with Gasteiger partial charge in [-0.2, -0.15) is 0 Å². The number of hydrogen-bond donors (Lipinski definition) is 1. The quantitative estimate of drug-likeness (QED) is 0.831. The van der Waals surface area contributed by atoms with E-state index in [9.17, 15) is 0 Å². The van der Waals surface area contributed by atoms with Crippen LogP contribution in [0, 0.1) is 3.57 Å². The van der Waals surface area contributed by atoms with Gasteiger partial charge in [0.1, 0.15) is 11.5 Å². The minimum absolute atomic E-state index is 0.276. The van der Waals surface area contributed by atoms with E-state index in [1.165, 1.54) is 0 Å². The largest absolute Gasteiger partial charge is 0.508 e. The number of rotatable bonds is 2. The molecule has 0 bridgehead atoms. The Morgan fingerprint density at radius 3 is 2.82 bits per heavy atom. The van der Waals surface area contributed by atoms with Gasteiger partial charge in [0.05, 0.1) is 10.2 Å². The number of phenols is 1. The Balaban J connectivity index is 2.90. The summed E-state index contributed by atoms with van der Waals surface area (Å²) in [5.74, 6) is 1.10. The van der Waals surface area contributed by atoms with Gasteiger partial charge >= 0.3 is 0 Å². The zero-order valence-corrected chi connectivity index (χ0v) is 8.33. The smallest absolute Gasteiger partial charge is 0.132 e. The summed E-state index contributed by atoms with van der Waals surface area (Å²) < 4.78 is 6.21. The fraction of sp³-hybridized carbons (Fsp3) is 0.250. The normalized spacial score (nSPS) is 9.64. The molecule has 1 aromatic carbocycles. The van der Waals surface area contributed by atoms with Gasteiger partial charge in [-0.3, -0.25) is 0 Å². The Kier molecular flexibility index (Phi) is 2.99. The first kappa shape index (κ1) is 8.64. The molecule has 0 aliphatic rings. The highest BCUT2D eigenvalue weighted by Crippen LogP contribution is 2.24. The van der Waals surface area contributed by atoms with Crippen LogP contribution in [0.25, 0.3) is 0 Å². The lowest BCUT2D eigenvalue weighted by Crippen LogP contribution is -1.92. The van der Waals surface area contributed by atoms with Gasteiger partial charge in [-0.1, -0.05) is 0 Å². The van der Waals surface area contributed by atoms with Crippen LogP contribution in [0.1, 0.15) is 6.92 Å². The van der Waals surface area contributed by atoms with Crippen LogP contribution in [0.2, 0.25) is 0 Å². The third-order valence-electron chi connectivity index (χ3n) is 1.22. The Hall–Kier alpha value is -0.450. The zero-order valence-electron chi connectivity index (χ0n) is 6.17. The third-order valence-corrected chi connectivity index (χ3v) is 2.06. The Labute approximate surface area is 79.3 Å². The summed E-state index contributed by atoms with van der Waals surface area (Å²) in [6.07, 6.45) is 0. The number of halogens is 1. The molecule has 1 N–H and O–H groups in total. The van der Waals surface area contributed by atoms with Gasteiger partial charge in [0.2, 0.25) is 0 Å². The van der Waals surface area contributed by atoms with Crippen LogP contribution < -0.4 is 4.74 Å². The summed E-state index contributed by atoms with van der Waals surface area (Å²) in [6, 6.07) is 5.05. The van der Waals surface area contributed by atoms with Crippen molar-refractivity contribution < 1.29 is 9.84 Å². The van der Waals surface area contributed by atoms with Crippen molar-refractivity contribution in [2.75, 3.05) is 6.61 Å². The monoisotopic (exact) mass is 264 g/mol. The molecular formula is C8H9IO2. The molecule has 1 aromatic rings. The molecule has 11 heavy (non-hydrogen) atoms. The highest BCUT2D eigenvalue weighted by Gasteiger charge is 1.99. The van der Waals surface area contributed by atoms with Gasteiger partial charge in [0, 0.05) is 0 Å². The number of benzene rings is 1. The summed E-state index contributed by atoms with van der Waals surface area (Å²) in [7, 11) is 0. The molecule has 0 aliphatic heterocycles. The average Bonchev–Trinajstić information content (AvgIpc) is 1.95. The lowest BCUT2D eigenvalue weighted by Gasteiger charge is -2.04. The van der Waals surface area contributed by atoms with Gasteiger partial charge < -0.3 is 9.84 Å². The molecule has 0 atom stereocenters. The molecule has 0 unspecified atom stereocenters. The van der Waals surface area contributed by atoms with E-state index >= 15 is 0 Å². The van der Waals surface area contributed by atoms with Crippen LogP contribution in [0.4, 0.5) is 0 Å². The first-order valence-corrected chi connectivity index (χ1v) is 4.43. The molecule has 1 rings (SSSR count). The number of hydrogen-bond acceptors (Lipinski definition) is 2. The first-order chi connectivity index (χ1) is 5.24. The maximum absolute atomic E-state index is 9.05. The Morgan fingerprint density at radius 1 is 1.55 bits per heavy atom. The maximum atomic E-state index is 9.05. The van der Waals surface area contributed by atoms with Gasteiger partial charge in [-0.05, 0) is 47.7 Å². The van der Waals surface area contributed by atoms with E-state index in [-0.39, 0.29) is 5.75 Å². The molecule has 2 nitrogen and oxygen atoms in total. The second-order valence-corrected chi connectivity index (χ2v) is 3.21. The van der Waals surface area contributed by atoms with Crippen molar-refractivity contribution >= 4 is 22.6 Å². The minimum Gasteiger partial charge on any atom is -0.508 e. The molecule has 0 aromatic heterocycles. The first-order valence-electron chi connectivity index (χ1n) is 3.35. The van der Waals surface area contributed by atoms with Crippen LogP contribution in [0.3, 0.4) is 0 Å². The second-order valence-electron chi connectivity index (χ2n) is 2.05. The van der Waals surface area contributed by atoms with Gasteiger partial charge in [-0.15, -0.1) is 0 Å². The van der Waals surface area contributed by atoms with Gasteiger partial charge in [0.25, 0.3) is 0 Å². The molecule has 0 aliphatic carbocycles. The minimum atomic E-state index is 0.276. The van der Waals surface area contributed by atoms with Crippen molar-refractivity contribution in [3.63, 3.8) is 0 Å². The molecule has 0 spiro atoms. The van der Waals surface area contributed by atoms with Gasteiger partial charge in [0.15, 0.2) is 0 Å². The van der Waals surface area contributed by atoms with E-state index in [1.807, 2.05) is 6.92 Å². The van der Waals surface area contributed by atoms with E-state index < -0.39 is 0 Å². The van der Waals surface area contributed by atoms with Crippen LogP contribution in [-0.4, -0.2) is 11.7 Å². The van der Waals surface area contributed by atoms with Crippen LogP contribution in [-0.2, 0) is 0 Å². The molecule has 0 saturated heterocycles. The summed E-state index contributed by atoms with van der Waals surface area (Å²) in [4.78, 5) is 0. The maximum Gasteiger partial charge on any atom is 0.132 e. The highest BCUT2D eigenvalue weighted by molar-refractivity contribution is 14.1. The standard InChI is InChI=1S/C8H9IO2/c1-2-11-8-4-3-6(10)5-7(8)9/h3-5,10H,2H2,1H3. The fourth-order valence-electron chi connectivity index (χ4n) is 0.762. The average molecular weight is 264 g/mol. The van der Waals surface area contributed by atoms with Crippen molar-refractivity contribution in [1.29, 1.82) is 0 Å². The number of aromatic hydroxyl groups is 1. The predicted molar refractivity (Wildman–Crippen MR) is 52.0 cm³/mol. The fourth-order valence-corrected chi connectivity index (χ4v) is 1.42. The lowest BCUT2D eigenvalue weighted by atomic mass is 10.3. The molecule has 60 valence electrons. The molecular weight excluding hydrogens is 255 g/mol. The number of ether oxygens (including phenoxy) is 1. The van der Waals surface area contributed by atoms with E-state index in [4.69, 9.17) is 9.84 Å². The van der Waals surface area contributed by atoms with Crippen LogP contribution in [0.15, 0.2) is 18.2 Å². The van der Waals surface area contributed by atoms with Crippen LogP contribution in [0.5, 0.6) is 11.5 Å². The topological polar surface area (TPSA) is 29.5 Å². The van der Waals surface area contributed by atoms with Crippen molar-refractivity contribution in [2.45, 2.75) is 6.92 Å². The summed E-state index contributed by atoms with van der Waals surface area (Å²) in [5, 5.41) is 9.05. The highest BCUT2D eigenvalue weighted by atomic mass is 127. The zero-order chi connectivity index (χ0) is 8.27. The predicted octanol–water partition coefficient (Wildman–Crippen LogP) is 2.40. The summed E-state index contributed by atoms with van der Waals surface area (Å²) in [6.45, 7) is 2.59. The Morgan fingerprint density at radius 2 is 2.27 bits per heavy atom. The van der Waals surface area contributed by atoms with Gasteiger partial charge in [-0.25, -0.2) is 0 Å². The van der Waals surface area contributed by atoms with Crippen molar-refractivity contribution in [1.82, 2.24) is 0 Å². The van der Waals surface area contributed by atoms with Crippen molar-refractivity contribution in [2.24, 2.45) is 0 Å². The summed E-state index contributed by atoms with van der Waals surface area (Å²) >= 11 is 2.12. The summed E-state index contributed by atoms with van der Waals surface area (Å²) in [5.41, 5.74) is 0. The van der Waals surface area contributed by atoms with Crippen LogP contribution >= 0.6 is 22.6 Å². The third kappa shape index (κ3) is 2.25. The lowest BCUT2D eigenvalue weighted by molar-refractivity contribution is 0.337. The molecule has 0 saturated carbocycles. The van der Waals surface area contributed by atoms with E-state index in [1.54, 1.807) is 18.2 Å². The molecule has 0 fully saturated rings. The number of phenolic OH excluding ortho intramolecular Hbond substituents is 1. The molecule has 3 heteroatoms. The SMILES string of the molecule is CCOc1ccc(O)cc1I. The molecule has 0 amide bonds. The van der Waals surface area contributed by atoms with E-state index in [0.717, 1.165) is 9.32 Å². The van der Waals surface area contributed by atoms with Crippen molar-refractivity contribution in [3.8, 4) is 11.5 Å². The Bertz CT molecular complexity index is 248.